The Kier molecular flexibility index (Phi) is 12.9. The monoisotopic (exact) mass is 1330 g/mol. The number of rotatable bonds is 6. The molecule has 103 heavy (non-hydrogen) atoms. The van der Waals surface area contributed by atoms with Crippen LogP contribution in [0.15, 0.2) is 296 Å². The van der Waals surface area contributed by atoms with Crippen molar-refractivity contribution in [3.63, 3.8) is 0 Å². The smallest absolute Gasteiger partial charge is 0.137 e. The highest BCUT2D eigenvalue weighted by Gasteiger charge is 2.37. The number of ether oxygens (including phenoxy) is 1. The number of hydrogen-bond donors (Lipinski definition) is 0. The van der Waals surface area contributed by atoms with Crippen molar-refractivity contribution in [2.24, 2.45) is 4.99 Å². The number of pyridine rings is 1. The zero-order valence-corrected chi connectivity index (χ0v) is 59.0. The molecule has 1 aliphatic heterocycles. The van der Waals surface area contributed by atoms with Gasteiger partial charge in [-0.25, -0.2) is 9.98 Å². The van der Waals surface area contributed by atoms with Gasteiger partial charge in [-0.2, -0.15) is 0 Å². The maximum Gasteiger partial charge on any atom is 0.137 e. The summed E-state index contributed by atoms with van der Waals surface area (Å²) in [5, 5.41) is 10.3. The van der Waals surface area contributed by atoms with Gasteiger partial charge in [-0.15, -0.1) is 0 Å². The first-order chi connectivity index (χ1) is 52.2. The zero-order valence-electron chi connectivity index (χ0n) is 64.0. The average Bonchev–Trinajstić information content (AvgIpc) is 1.40. The third kappa shape index (κ3) is 9.97. The molecule has 17 aromatic rings. The van der Waals surface area contributed by atoms with Crippen molar-refractivity contribution in [1.82, 2.24) is 18.7 Å². The molecule has 0 atom stereocenters. The Morgan fingerprint density at radius 2 is 0.922 bits per heavy atom. The van der Waals surface area contributed by atoms with Gasteiger partial charge in [0.1, 0.15) is 23.7 Å². The first kappa shape index (κ1) is 56.6. The third-order valence-corrected chi connectivity index (χ3v) is 22.4. The fraction of sp³-hybridized carbons (Fsp3) is 0.134. The van der Waals surface area contributed by atoms with Crippen LogP contribution in [0.2, 0.25) is 0 Å². The summed E-state index contributed by atoms with van der Waals surface area (Å²) in [7, 11) is 0. The van der Waals surface area contributed by atoms with Crippen molar-refractivity contribution < 1.29 is 11.6 Å². The van der Waals surface area contributed by atoms with Gasteiger partial charge in [0.2, 0.25) is 0 Å². The van der Waals surface area contributed by atoms with E-state index in [2.05, 4.69) is 300 Å². The largest absolute Gasteiger partial charge is 0.457 e. The lowest BCUT2D eigenvalue weighted by Gasteiger charge is -2.42. The normalized spacial score (nSPS) is 14.5. The highest BCUT2D eigenvalue weighted by atomic mass is 16.5. The molecular weight excluding hydrogens is 1250 g/mol. The number of aromatic nitrogens is 4. The molecular formula is C97H77N5O. The molecule has 1 aliphatic carbocycles. The molecule has 5 heterocycles. The second-order valence-electron chi connectivity index (χ2n) is 30.4. The summed E-state index contributed by atoms with van der Waals surface area (Å²) in [6.07, 6.45) is 6.12. The maximum atomic E-state index is 9.61. The van der Waals surface area contributed by atoms with Crippen molar-refractivity contribution in [3.8, 4) is 78.6 Å². The van der Waals surface area contributed by atoms with Gasteiger partial charge in [-0.3, -0.25) is 9.13 Å². The molecule has 496 valence electrons. The molecule has 0 spiro atoms. The average molecular weight is 1330 g/mol. The lowest BCUT2D eigenvalue weighted by Crippen LogP contribution is -2.33. The van der Waals surface area contributed by atoms with Crippen LogP contribution in [-0.4, -0.2) is 25.0 Å². The van der Waals surface area contributed by atoms with Gasteiger partial charge >= 0.3 is 0 Å². The molecule has 0 radical (unpaired) electrons. The molecule has 2 bridgehead atoms. The molecule has 6 heteroatoms. The highest BCUT2D eigenvalue weighted by molar-refractivity contribution is 6.24. The van der Waals surface area contributed by atoms with Crippen LogP contribution in [0.3, 0.4) is 0 Å². The van der Waals surface area contributed by atoms with Gasteiger partial charge in [0.25, 0.3) is 0 Å². The van der Waals surface area contributed by atoms with Crippen LogP contribution in [0, 0.1) is 6.92 Å². The molecule has 0 amide bonds. The second-order valence-corrected chi connectivity index (χ2v) is 30.4. The fourth-order valence-electron chi connectivity index (χ4n) is 17.0. The number of para-hydroxylation sites is 3. The van der Waals surface area contributed by atoms with Crippen LogP contribution in [0.25, 0.3) is 154 Å². The summed E-state index contributed by atoms with van der Waals surface area (Å²) in [6, 6.07) is 89.1. The van der Waals surface area contributed by atoms with Gasteiger partial charge in [-0.1, -0.05) is 255 Å². The maximum absolute atomic E-state index is 9.61. The molecule has 0 saturated carbocycles. The Morgan fingerprint density at radius 1 is 0.408 bits per heavy atom. The lowest BCUT2D eigenvalue weighted by atomic mass is 9.63. The quantitative estimate of drug-likeness (QED) is 0.167. The predicted octanol–water partition coefficient (Wildman–Crippen LogP) is 26.4. The topological polar surface area (TPSA) is 49.3 Å². The zero-order chi connectivity index (χ0) is 74.0. The number of hydrogen-bond acceptors (Lipinski definition) is 3. The number of nitrogens with zero attached hydrogens (tertiary/aromatic N) is 5. The first-order valence-corrected chi connectivity index (χ1v) is 35.8. The lowest BCUT2D eigenvalue weighted by molar-refractivity contribution is 0.332. The van der Waals surface area contributed by atoms with E-state index in [1.807, 2.05) is 36.8 Å². The number of fused-ring (bicyclic) bond motifs is 21. The summed E-state index contributed by atoms with van der Waals surface area (Å²) in [4.78, 5) is 11.0. The van der Waals surface area contributed by atoms with E-state index in [9.17, 15) is 2.74 Å². The SMILES string of the molecule is [2H]c1c([2H])c([2H])c(-c2cccc3c2N=Cn2c4cc(Oc5ccc6c7cc(-c8ccc9c(c8)C(C)(C)CCC9(C)C)ccc7n(-c7cc(C(C)(C)C)ccn7)c6c5)ccc4c4ccccc4c4ccccc4c4c(-n5c6ccccc6c6ccccc65)cc(c(C)c42)-c2ccccc2-c2ccccc2-3)c([2H])c1[2H]. The van der Waals surface area contributed by atoms with Crippen molar-refractivity contribution in [2.75, 3.05) is 0 Å². The Labute approximate surface area is 607 Å². The minimum absolute atomic E-state index is 0.0487. The minimum Gasteiger partial charge on any atom is -0.457 e. The van der Waals surface area contributed by atoms with Crippen molar-refractivity contribution >= 4 is 99.0 Å². The van der Waals surface area contributed by atoms with E-state index in [0.29, 0.717) is 28.3 Å². The molecule has 0 saturated heterocycles. The Morgan fingerprint density at radius 3 is 1.59 bits per heavy atom. The molecule has 6 nitrogen and oxygen atoms in total. The standard InChI is InChI=1S/C97H77N5O/c1-60-81-58-90(101-85-39-22-20-34-75(85)76-35-21-23-40-86(76)101)92-79-36-19-18-31-72(79)70-29-12-15-30-71(70)77-45-43-65(56-88(77)100(94(60)92)59-99-93-67(61-25-10-9-11-26-61)37-24-38-80(93)73-32-16-13-27-68(73)69-28-14-17-33-74(69)81)103-66-44-46-78-82-53-62(63-41-47-83-84(54-63)97(7,8)51-50-96(83,5)6)42-48-87(82)102(89(78)57-66)91-55-64(49-52-98-91)95(2,3)4/h9-49,52-59H,50-51H2,1-8H3/i9D,10D,11D,25D,26D. The van der Waals surface area contributed by atoms with Gasteiger partial charge in [0.15, 0.2) is 0 Å². The van der Waals surface area contributed by atoms with E-state index in [0.717, 1.165) is 150 Å². The summed E-state index contributed by atoms with van der Waals surface area (Å²) < 4.78 is 60.6. The number of aryl methyl sites for hydroxylation is 1. The molecule has 0 unspecified atom stereocenters. The summed E-state index contributed by atoms with van der Waals surface area (Å²) in [6.45, 7) is 18.5. The Balaban J connectivity index is 0.940. The van der Waals surface area contributed by atoms with E-state index in [4.69, 9.17) is 18.8 Å². The molecule has 2 aliphatic rings. The van der Waals surface area contributed by atoms with Crippen LogP contribution < -0.4 is 4.74 Å². The third-order valence-electron chi connectivity index (χ3n) is 22.4. The van der Waals surface area contributed by atoms with Gasteiger partial charge in [0, 0.05) is 61.8 Å². The van der Waals surface area contributed by atoms with Gasteiger partial charge < -0.3 is 9.30 Å². The van der Waals surface area contributed by atoms with E-state index in [-0.39, 0.29) is 33.9 Å². The van der Waals surface area contributed by atoms with E-state index < -0.39 is 18.1 Å². The van der Waals surface area contributed by atoms with Crippen LogP contribution in [-0.2, 0) is 16.2 Å². The second kappa shape index (κ2) is 23.5. The summed E-state index contributed by atoms with van der Waals surface area (Å²) >= 11 is 0. The van der Waals surface area contributed by atoms with Crippen molar-refractivity contribution in [1.29, 1.82) is 0 Å². The van der Waals surface area contributed by atoms with E-state index >= 15 is 0 Å². The molecule has 19 rings (SSSR count). The summed E-state index contributed by atoms with van der Waals surface area (Å²) in [5.41, 5.74) is 20.3. The van der Waals surface area contributed by atoms with Crippen LogP contribution in [0.4, 0.5) is 5.69 Å². The Hall–Kier alpha value is -12.1. The minimum atomic E-state index is -0.471. The number of aliphatic imine (C=N–C) groups is 1. The van der Waals surface area contributed by atoms with Crippen LogP contribution in [0.5, 0.6) is 11.5 Å². The van der Waals surface area contributed by atoms with Crippen molar-refractivity contribution in [2.45, 2.75) is 84.5 Å². The van der Waals surface area contributed by atoms with E-state index in [1.54, 1.807) is 0 Å². The highest BCUT2D eigenvalue weighted by Crippen LogP contribution is 2.51. The molecule has 0 fully saturated rings. The fourth-order valence-corrected chi connectivity index (χ4v) is 17.0. The number of benzene rings is 13. The Bertz CT molecular complexity index is 6780. The molecule has 0 N–H and O–H groups in total. The molecule has 13 aromatic carbocycles. The van der Waals surface area contributed by atoms with Crippen LogP contribution in [0.1, 0.15) is 90.4 Å². The first-order valence-electron chi connectivity index (χ1n) is 38.3. The van der Waals surface area contributed by atoms with Crippen LogP contribution >= 0.6 is 0 Å². The van der Waals surface area contributed by atoms with Gasteiger partial charge in [0.05, 0.1) is 51.3 Å². The van der Waals surface area contributed by atoms with E-state index in [1.165, 1.54) is 22.3 Å². The van der Waals surface area contributed by atoms with Crippen molar-refractivity contribution in [3.05, 3.63) is 313 Å². The summed E-state index contributed by atoms with van der Waals surface area (Å²) in [5.74, 6) is 2.00. The molecule has 4 aromatic heterocycles. The van der Waals surface area contributed by atoms with Gasteiger partial charge in [-0.05, 0) is 191 Å². The predicted molar refractivity (Wildman–Crippen MR) is 435 cm³/mol.